The van der Waals surface area contributed by atoms with Crippen molar-refractivity contribution in [3.05, 3.63) is 65.6 Å². The standard InChI is InChI=1S/C37H47FN8O4/c1-27(2)46(20-12-39)37(47)30-22-28(38)6-7-33(30)50-35-23-40-25-42-36(35)45-18-9-29(10-19-45)49-34-8-13-41-32-11-17-43(24-31(32)34)15-5-16-44-14-3-4-21-48-26-44/h6-8,13,22-23,25,27,29H,3-5,9-11,14-21,24,26H2,1-2H3. The lowest BCUT2D eigenvalue weighted by Gasteiger charge is -2.35. The van der Waals surface area contributed by atoms with E-state index in [1.54, 1.807) is 20.0 Å². The van der Waals surface area contributed by atoms with E-state index in [2.05, 4.69) is 29.7 Å². The molecule has 0 unspecified atom stereocenters. The minimum atomic E-state index is -0.574. The minimum Gasteiger partial charge on any atom is -0.490 e. The van der Waals surface area contributed by atoms with E-state index in [-0.39, 0.29) is 30.0 Å². The Hall–Kier alpha value is -4.38. The number of ether oxygens (including phenoxy) is 3. The third kappa shape index (κ3) is 8.85. The maximum absolute atomic E-state index is 14.3. The molecule has 3 aliphatic heterocycles. The summed E-state index contributed by atoms with van der Waals surface area (Å²) in [5.41, 5.74) is 2.35. The molecular formula is C37H47FN8O4. The van der Waals surface area contributed by atoms with Gasteiger partial charge in [0, 0.05) is 88.6 Å². The maximum Gasteiger partial charge on any atom is 0.258 e. The molecule has 0 saturated carbocycles. The number of anilines is 1. The summed E-state index contributed by atoms with van der Waals surface area (Å²) in [6, 6.07) is 7.55. The van der Waals surface area contributed by atoms with E-state index in [0.29, 0.717) is 24.7 Å². The van der Waals surface area contributed by atoms with Crippen molar-refractivity contribution in [3.8, 4) is 23.3 Å². The van der Waals surface area contributed by atoms with Crippen LogP contribution >= 0.6 is 0 Å². The van der Waals surface area contributed by atoms with E-state index in [9.17, 15) is 14.4 Å². The molecule has 0 aliphatic carbocycles. The Morgan fingerprint density at radius 2 is 1.92 bits per heavy atom. The van der Waals surface area contributed by atoms with Crippen molar-refractivity contribution in [1.82, 2.24) is 29.7 Å². The van der Waals surface area contributed by atoms with E-state index in [1.165, 1.54) is 35.3 Å². The van der Waals surface area contributed by atoms with Crippen LogP contribution in [0, 0.1) is 17.1 Å². The van der Waals surface area contributed by atoms with Crippen LogP contribution in [0.25, 0.3) is 0 Å². The molecule has 0 bridgehead atoms. The average molecular weight is 687 g/mol. The van der Waals surface area contributed by atoms with Gasteiger partial charge in [-0.25, -0.2) is 14.4 Å². The smallest absolute Gasteiger partial charge is 0.258 e. The molecule has 13 heteroatoms. The lowest BCUT2D eigenvalue weighted by molar-refractivity contribution is 0.0473. The van der Waals surface area contributed by atoms with Gasteiger partial charge in [-0.2, -0.15) is 5.26 Å². The van der Waals surface area contributed by atoms with Crippen LogP contribution in [-0.2, 0) is 17.7 Å². The Bertz CT molecular complexity index is 1640. The first-order valence-corrected chi connectivity index (χ1v) is 17.8. The number of carbonyl (C=O) groups excluding carboxylic acids is 1. The van der Waals surface area contributed by atoms with Crippen molar-refractivity contribution < 1.29 is 23.4 Å². The van der Waals surface area contributed by atoms with E-state index < -0.39 is 11.7 Å². The number of halogens is 1. The summed E-state index contributed by atoms with van der Waals surface area (Å²) in [6.07, 6.45) is 10.8. The van der Waals surface area contributed by atoms with E-state index in [1.807, 2.05) is 18.3 Å². The summed E-state index contributed by atoms with van der Waals surface area (Å²) in [6.45, 7) is 11.5. The van der Waals surface area contributed by atoms with Crippen molar-refractivity contribution >= 4 is 11.7 Å². The second-order valence-electron chi connectivity index (χ2n) is 13.4. The lowest BCUT2D eigenvalue weighted by Crippen LogP contribution is -2.39. The molecule has 2 saturated heterocycles. The predicted octanol–water partition coefficient (Wildman–Crippen LogP) is 5.04. The zero-order valence-electron chi connectivity index (χ0n) is 29.1. The molecule has 5 heterocycles. The largest absolute Gasteiger partial charge is 0.490 e. The second-order valence-corrected chi connectivity index (χ2v) is 13.4. The number of amides is 1. The molecule has 12 nitrogen and oxygen atoms in total. The van der Waals surface area contributed by atoms with Crippen LogP contribution in [0.1, 0.15) is 67.6 Å². The highest BCUT2D eigenvalue weighted by molar-refractivity contribution is 5.97. The Morgan fingerprint density at radius 1 is 1.08 bits per heavy atom. The van der Waals surface area contributed by atoms with Crippen LogP contribution in [0.5, 0.6) is 17.2 Å². The quantitative estimate of drug-likeness (QED) is 0.238. The van der Waals surface area contributed by atoms with Gasteiger partial charge in [0.05, 0.1) is 24.6 Å². The molecule has 2 aromatic heterocycles. The highest BCUT2D eigenvalue weighted by Crippen LogP contribution is 2.35. The number of pyridine rings is 1. The van der Waals surface area contributed by atoms with Crippen molar-refractivity contribution in [2.45, 2.75) is 71.1 Å². The molecule has 1 amide bonds. The molecule has 0 atom stereocenters. The summed E-state index contributed by atoms with van der Waals surface area (Å²) >= 11 is 0. The third-order valence-electron chi connectivity index (χ3n) is 9.60. The number of fused-ring (bicyclic) bond motifs is 1. The normalized spacial score (nSPS) is 17.5. The highest BCUT2D eigenvalue weighted by atomic mass is 19.1. The number of nitrogens with zero attached hydrogens (tertiary/aromatic N) is 8. The first kappa shape index (κ1) is 35.4. The molecule has 0 spiro atoms. The Morgan fingerprint density at radius 3 is 2.74 bits per heavy atom. The number of rotatable bonds is 12. The van der Waals surface area contributed by atoms with Crippen LogP contribution in [0.2, 0.25) is 0 Å². The molecule has 266 valence electrons. The van der Waals surface area contributed by atoms with Crippen molar-refractivity contribution in [1.29, 1.82) is 5.26 Å². The third-order valence-corrected chi connectivity index (χ3v) is 9.60. The zero-order valence-corrected chi connectivity index (χ0v) is 29.1. The molecular weight excluding hydrogens is 639 g/mol. The summed E-state index contributed by atoms with van der Waals surface area (Å²) < 4.78 is 33.0. The number of hydrogen-bond acceptors (Lipinski definition) is 11. The number of carbonyl (C=O) groups is 1. The number of hydrogen-bond donors (Lipinski definition) is 0. The van der Waals surface area contributed by atoms with Crippen molar-refractivity contribution in [2.24, 2.45) is 0 Å². The van der Waals surface area contributed by atoms with E-state index in [0.717, 1.165) is 95.7 Å². The number of benzene rings is 1. The minimum absolute atomic E-state index is 0.0297. The zero-order chi connectivity index (χ0) is 34.9. The summed E-state index contributed by atoms with van der Waals surface area (Å²) in [4.78, 5) is 35.2. The second kappa shape index (κ2) is 17.0. The van der Waals surface area contributed by atoms with Crippen LogP contribution in [0.15, 0.2) is 43.0 Å². The summed E-state index contributed by atoms with van der Waals surface area (Å²) in [7, 11) is 0. The van der Waals surface area contributed by atoms with Gasteiger partial charge in [-0.15, -0.1) is 0 Å². The molecule has 3 aromatic rings. The summed E-state index contributed by atoms with van der Waals surface area (Å²) in [5, 5.41) is 9.27. The van der Waals surface area contributed by atoms with Gasteiger partial charge < -0.3 is 24.0 Å². The number of aromatic nitrogens is 3. The number of nitriles is 1. The van der Waals surface area contributed by atoms with Gasteiger partial charge in [-0.3, -0.25) is 19.6 Å². The van der Waals surface area contributed by atoms with E-state index in [4.69, 9.17) is 14.2 Å². The lowest BCUT2D eigenvalue weighted by atomic mass is 10.0. The highest BCUT2D eigenvalue weighted by Gasteiger charge is 2.28. The summed E-state index contributed by atoms with van der Waals surface area (Å²) in [5.74, 6) is 0.969. The fraction of sp³-hybridized carbons (Fsp3) is 0.541. The first-order valence-electron chi connectivity index (χ1n) is 17.8. The Labute approximate surface area is 293 Å². The van der Waals surface area contributed by atoms with E-state index >= 15 is 0 Å². The van der Waals surface area contributed by atoms with Crippen molar-refractivity contribution in [3.63, 3.8) is 0 Å². The van der Waals surface area contributed by atoms with Gasteiger partial charge in [0.15, 0.2) is 11.6 Å². The fourth-order valence-electron chi connectivity index (χ4n) is 6.84. The van der Waals surface area contributed by atoms with Crippen LogP contribution in [-0.4, -0.2) is 107 Å². The monoisotopic (exact) mass is 686 g/mol. The number of piperidine rings is 1. The Kier molecular flexibility index (Phi) is 12.1. The first-order chi connectivity index (χ1) is 24.4. The van der Waals surface area contributed by atoms with Gasteiger partial charge >= 0.3 is 0 Å². The Balaban J connectivity index is 1.07. The fourth-order valence-corrected chi connectivity index (χ4v) is 6.84. The molecule has 0 N–H and O–H groups in total. The van der Waals surface area contributed by atoms with Crippen molar-refractivity contribution in [2.75, 3.05) is 64.1 Å². The molecule has 50 heavy (non-hydrogen) atoms. The maximum atomic E-state index is 14.3. The van der Waals surface area contributed by atoms with Gasteiger partial charge in [0.2, 0.25) is 0 Å². The molecule has 1 aromatic carbocycles. The van der Waals surface area contributed by atoms with Gasteiger partial charge in [-0.05, 0) is 63.9 Å². The predicted molar refractivity (Wildman–Crippen MR) is 186 cm³/mol. The average Bonchev–Trinajstić information content (AvgIpc) is 3.41. The van der Waals surface area contributed by atoms with Crippen LogP contribution in [0.4, 0.5) is 10.2 Å². The molecule has 0 radical (unpaired) electrons. The topological polar surface area (TPSA) is 120 Å². The molecule has 2 fully saturated rings. The molecule has 3 aliphatic rings. The van der Waals surface area contributed by atoms with Crippen LogP contribution < -0.4 is 14.4 Å². The SMILES string of the molecule is CC(C)N(CC#N)C(=O)c1cc(F)ccc1Oc1cncnc1N1CCC(Oc2ccnc3c2CN(CCCN2CCCCOC2)CC3)CC1. The van der Waals surface area contributed by atoms with Gasteiger partial charge in [0.25, 0.3) is 5.91 Å². The molecule has 6 rings (SSSR count). The van der Waals surface area contributed by atoms with Crippen LogP contribution in [0.3, 0.4) is 0 Å². The van der Waals surface area contributed by atoms with Gasteiger partial charge in [-0.1, -0.05) is 0 Å². The van der Waals surface area contributed by atoms with Gasteiger partial charge in [0.1, 0.15) is 36.3 Å².